The summed E-state index contributed by atoms with van der Waals surface area (Å²) in [5.74, 6) is 0.580. The fourth-order valence-corrected chi connectivity index (χ4v) is 2.63. The van der Waals surface area contributed by atoms with Crippen molar-refractivity contribution in [3.05, 3.63) is 60.3 Å². The van der Waals surface area contributed by atoms with Gasteiger partial charge in [-0.1, -0.05) is 48.2 Å². The monoisotopic (exact) mass is 343 g/mol. The molecule has 1 amide bonds. The molecule has 0 unspecified atom stereocenters. The number of amides is 1. The molecule has 1 aromatic carbocycles. The second kappa shape index (κ2) is 8.49. The van der Waals surface area contributed by atoms with E-state index in [0.717, 1.165) is 16.3 Å². The van der Waals surface area contributed by atoms with Gasteiger partial charge in [-0.3, -0.25) is 0 Å². The Balaban J connectivity index is 2.08. The molecule has 0 aliphatic carbocycles. The molecule has 6 heteroatoms. The number of thioether (sulfide) groups is 1. The standard InChI is InChI=1S/C18H21N3O2S/c1-18(2,3)23-17(22)21-20-15(14-9-5-4-6-10-14)13-24-16-11-7-8-12-19-16/h4-12H,13H2,1-3H3,(H,21,22)/b20-15+. The largest absolute Gasteiger partial charge is 0.443 e. The number of hydrazone groups is 1. The number of aromatic nitrogens is 1. The van der Waals surface area contributed by atoms with Crippen LogP contribution in [0.3, 0.4) is 0 Å². The van der Waals surface area contributed by atoms with Gasteiger partial charge in [-0.05, 0) is 38.5 Å². The summed E-state index contributed by atoms with van der Waals surface area (Å²) in [5.41, 5.74) is 3.60. The average molecular weight is 343 g/mol. The Morgan fingerprint density at radius 1 is 1.17 bits per heavy atom. The van der Waals surface area contributed by atoms with Gasteiger partial charge >= 0.3 is 6.09 Å². The van der Waals surface area contributed by atoms with Crippen LogP contribution in [-0.4, -0.2) is 28.1 Å². The van der Waals surface area contributed by atoms with Gasteiger partial charge in [0.1, 0.15) is 5.60 Å². The number of carbonyl (C=O) groups excluding carboxylic acids is 1. The maximum absolute atomic E-state index is 11.8. The quantitative estimate of drug-likeness (QED) is 0.504. The average Bonchev–Trinajstić information content (AvgIpc) is 2.55. The molecule has 0 saturated carbocycles. The van der Waals surface area contributed by atoms with Crippen molar-refractivity contribution in [2.24, 2.45) is 5.10 Å². The first-order chi connectivity index (χ1) is 11.4. The third kappa shape index (κ3) is 6.42. The summed E-state index contributed by atoms with van der Waals surface area (Å²) in [4.78, 5) is 16.1. The molecule has 0 aliphatic rings. The molecule has 1 N–H and O–H groups in total. The maximum Gasteiger partial charge on any atom is 0.428 e. The van der Waals surface area contributed by atoms with Gasteiger partial charge in [0, 0.05) is 11.9 Å². The minimum absolute atomic E-state index is 0.560. The number of ether oxygens (including phenoxy) is 1. The van der Waals surface area contributed by atoms with Crippen LogP contribution in [-0.2, 0) is 4.74 Å². The number of rotatable bonds is 5. The Labute approximate surface area is 146 Å². The van der Waals surface area contributed by atoms with Crippen molar-refractivity contribution >= 4 is 23.6 Å². The van der Waals surface area contributed by atoms with Crippen LogP contribution in [0.5, 0.6) is 0 Å². The van der Waals surface area contributed by atoms with Crippen LogP contribution in [0.2, 0.25) is 0 Å². The highest BCUT2D eigenvalue weighted by molar-refractivity contribution is 7.99. The molecule has 0 atom stereocenters. The first-order valence-electron chi connectivity index (χ1n) is 7.59. The molecular formula is C18H21N3O2S. The van der Waals surface area contributed by atoms with Crippen molar-refractivity contribution in [3.63, 3.8) is 0 Å². The Hall–Kier alpha value is -2.34. The van der Waals surface area contributed by atoms with Gasteiger partial charge in [0.15, 0.2) is 0 Å². The maximum atomic E-state index is 11.8. The zero-order valence-corrected chi connectivity index (χ0v) is 14.8. The summed E-state index contributed by atoms with van der Waals surface area (Å²) in [5, 5.41) is 5.14. The predicted molar refractivity (Wildman–Crippen MR) is 97.3 cm³/mol. The van der Waals surface area contributed by atoms with E-state index in [1.165, 1.54) is 0 Å². The summed E-state index contributed by atoms with van der Waals surface area (Å²) in [7, 11) is 0. The molecule has 0 spiro atoms. The van der Waals surface area contributed by atoms with E-state index >= 15 is 0 Å². The smallest absolute Gasteiger partial charge is 0.428 e. The van der Waals surface area contributed by atoms with Gasteiger partial charge < -0.3 is 4.74 Å². The molecule has 126 valence electrons. The highest BCUT2D eigenvalue weighted by Gasteiger charge is 2.16. The van der Waals surface area contributed by atoms with Gasteiger partial charge in [-0.25, -0.2) is 15.2 Å². The van der Waals surface area contributed by atoms with Crippen LogP contribution in [0.4, 0.5) is 4.79 Å². The van der Waals surface area contributed by atoms with Crippen LogP contribution in [0.15, 0.2) is 64.9 Å². The molecule has 24 heavy (non-hydrogen) atoms. The summed E-state index contributed by atoms with van der Waals surface area (Å²) < 4.78 is 5.21. The third-order valence-electron chi connectivity index (χ3n) is 2.78. The zero-order valence-electron chi connectivity index (χ0n) is 14.0. The fourth-order valence-electron chi connectivity index (χ4n) is 1.80. The van der Waals surface area contributed by atoms with Gasteiger partial charge in [0.05, 0.1) is 10.7 Å². The molecule has 0 radical (unpaired) electrons. The van der Waals surface area contributed by atoms with Crippen molar-refractivity contribution in [3.8, 4) is 0 Å². The number of nitrogens with one attached hydrogen (secondary N) is 1. The van der Waals surface area contributed by atoms with Crippen LogP contribution in [0.1, 0.15) is 26.3 Å². The van der Waals surface area contributed by atoms with E-state index in [9.17, 15) is 4.79 Å². The minimum atomic E-state index is -0.571. The molecule has 0 aliphatic heterocycles. The van der Waals surface area contributed by atoms with E-state index in [-0.39, 0.29) is 0 Å². The first-order valence-corrected chi connectivity index (χ1v) is 8.57. The summed E-state index contributed by atoms with van der Waals surface area (Å²) in [6.07, 6.45) is 1.18. The molecule has 0 bridgehead atoms. The number of carbonyl (C=O) groups is 1. The highest BCUT2D eigenvalue weighted by atomic mass is 32.2. The number of hydrogen-bond acceptors (Lipinski definition) is 5. The minimum Gasteiger partial charge on any atom is -0.443 e. The van der Waals surface area contributed by atoms with E-state index < -0.39 is 11.7 Å². The Kier molecular flexibility index (Phi) is 6.37. The Morgan fingerprint density at radius 2 is 1.88 bits per heavy atom. The van der Waals surface area contributed by atoms with Gasteiger partial charge in [0.2, 0.25) is 0 Å². The number of nitrogens with zero attached hydrogens (tertiary/aromatic N) is 2. The molecule has 1 aromatic heterocycles. The molecule has 5 nitrogen and oxygen atoms in total. The lowest BCUT2D eigenvalue weighted by atomic mass is 10.1. The topological polar surface area (TPSA) is 63.6 Å². The van der Waals surface area contributed by atoms with Crippen LogP contribution < -0.4 is 5.43 Å². The number of hydrogen-bond donors (Lipinski definition) is 1. The van der Waals surface area contributed by atoms with Crippen molar-refractivity contribution in [2.45, 2.75) is 31.4 Å². The number of benzene rings is 1. The van der Waals surface area contributed by atoms with Crippen molar-refractivity contribution in [1.29, 1.82) is 0 Å². The normalized spacial score (nSPS) is 11.9. The highest BCUT2D eigenvalue weighted by Crippen LogP contribution is 2.16. The lowest BCUT2D eigenvalue weighted by molar-refractivity contribution is 0.0529. The third-order valence-corrected chi connectivity index (χ3v) is 3.74. The summed E-state index contributed by atoms with van der Waals surface area (Å²) in [6, 6.07) is 15.5. The van der Waals surface area contributed by atoms with Crippen LogP contribution in [0, 0.1) is 0 Å². The molecular weight excluding hydrogens is 322 g/mol. The van der Waals surface area contributed by atoms with E-state index in [1.807, 2.05) is 69.3 Å². The molecule has 1 heterocycles. The lowest BCUT2D eigenvalue weighted by Gasteiger charge is -2.18. The van der Waals surface area contributed by atoms with Crippen LogP contribution in [0.25, 0.3) is 0 Å². The van der Waals surface area contributed by atoms with Crippen LogP contribution >= 0.6 is 11.8 Å². The second-order valence-corrected chi connectivity index (χ2v) is 6.99. The first kappa shape index (κ1) is 18.0. The van der Waals surface area contributed by atoms with Gasteiger partial charge in [-0.2, -0.15) is 5.10 Å². The fraction of sp³-hybridized carbons (Fsp3) is 0.278. The van der Waals surface area contributed by atoms with E-state index in [4.69, 9.17) is 4.74 Å². The second-order valence-electron chi connectivity index (χ2n) is 5.99. The van der Waals surface area contributed by atoms with Crippen molar-refractivity contribution in [2.75, 3.05) is 5.75 Å². The SMILES string of the molecule is CC(C)(C)OC(=O)N/N=C(\CSc1ccccn1)c1ccccc1. The Morgan fingerprint density at radius 3 is 2.50 bits per heavy atom. The van der Waals surface area contributed by atoms with E-state index in [2.05, 4.69) is 15.5 Å². The van der Waals surface area contributed by atoms with Crippen molar-refractivity contribution in [1.82, 2.24) is 10.4 Å². The lowest BCUT2D eigenvalue weighted by Crippen LogP contribution is -2.30. The predicted octanol–water partition coefficient (Wildman–Crippen LogP) is 4.10. The summed E-state index contributed by atoms with van der Waals surface area (Å²) >= 11 is 1.55. The van der Waals surface area contributed by atoms with Gasteiger partial charge in [0.25, 0.3) is 0 Å². The summed E-state index contributed by atoms with van der Waals surface area (Å²) in [6.45, 7) is 5.43. The number of pyridine rings is 1. The van der Waals surface area contributed by atoms with E-state index in [0.29, 0.717) is 5.75 Å². The molecule has 0 fully saturated rings. The molecule has 0 saturated heterocycles. The molecule has 2 aromatic rings. The zero-order chi connectivity index (χ0) is 17.4. The Bertz CT molecular complexity index is 682. The van der Waals surface area contributed by atoms with E-state index in [1.54, 1.807) is 18.0 Å². The molecule has 2 rings (SSSR count). The van der Waals surface area contributed by atoms with Gasteiger partial charge in [-0.15, -0.1) is 0 Å². The van der Waals surface area contributed by atoms with Crippen molar-refractivity contribution < 1.29 is 9.53 Å².